The molecule has 1 N–H and O–H groups in total. The maximum atomic E-state index is 3.70. The number of fused-ring (bicyclic) bond motifs is 1. The summed E-state index contributed by atoms with van der Waals surface area (Å²) in [4.78, 5) is 0. The number of hydrogen-bond donors (Lipinski definition) is 1. The topological polar surface area (TPSA) is 12.0 Å². The lowest BCUT2D eigenvalue weighted by Gasteiger charge is -2.11. The zero-order chi connectivity index (χ0) is 10.1. The second-order valence-corrected chi connectivity index (χ2v) is 5.06. The van der Waals surface area contributed by atoms with Gasteiger partial charge in [0.2, 0.25) is 0 Å². The van der Waals surface area contributed by atoms with Gasteiger partial charge in [-0.15, -0.1) is 0 Å². The van der Waals surface area contributed by atoms with Crippen LogP contribution in [0.15, 0.2) is 24.3 Å². The zero-order valence-electron chi connectivity index (χ0n) is 9.21. The fraction of sp³-hybridized carbons (Fsp3) is 0.571. The minimum atomic E-state index is 0.709. The largest absolute Gasteiger partial charge is 0.313 e. The summed E-state index contributed by atoms with van der Waals surface area (Å²) < 4.78 is 0. The van der Waals surface area contributed by atoms with Crippen LogP contribution < -0.4 is 5.32 Å². The van der Waals surface area contributed by atoms with Crippen LogP contribution in [0.5, 0.6) is 0 Å². The standard InChI is InChI=1S/C14H19N/c1-2-4-13-10-14(9-12(13)3-1)15-8-7-11-5-6-11/h1-4,11,14-15H,5-10H2. The van der Waals surface area contributed by atoms with Gasteiger partial charge in [-0.05, 0) is 42.9 Å². The van der Waals surface area contributed by atoms with Crippen molar-refractivity contribution < 1.29 is 0 Å². The molecule has 15 heavy (non-hydrogen) atoms. The number of benzene rings is 1. The summed E-state index contributed by atoms with van der Waals surface area (Å²) in [5.41, 5.74) is 3.11. The lowest BCUT2D eigenvalue weighted by Crippen LogP contribution is -2.30. The average Bonchev–Trinajstić information content (AvgIpc) is 2.97. The first-order valence-electron chi connectivity index (χ1n) is 6.22. The molecule has 0 aliphatic heterocycles. The minimum Gasteiger partial charge on any atom is -0.313 e. The monoisotopic (exact) mass is 201 g/mol. The highest BCUT2D eigenvalue weighted by molar-refractivity contribution is 5.33. The van der Waals surface area contributed by atoms with Crippen LogP contribution >= 0.6 is 0 Å². The molecule has 1 heteroatoms. The molecule has 0 radical (unpaired) electrons. The predicted molar refractivity (Wildman–Crippen MR) is 63.0 cm³/mol. The molecule has 0 amide bonds. The molecular weight excluding hydrogens is 182 g/mol. The van der Waals surface area contributed by atoms with Gasteiger partial charge in [-0.3, -0.25) is 0 Å². The van der Waals surface area contributed by atoms with E-state index in [-0.39, 0.29) is 0 Å². The van der Waals surface area contributed by atoms with Crippen LogP contribution in [0.1, 0.15) is 30.4 Å². The van der Waals surface area contributed by atoms with Gasteiger partial charge in [-0.1, -0.05) is 37.1 Å². The lowest BCUT2D eigenvalue weighted by atomic mass is 10.1. The molecule has 0 atom stereocenters. The van der Waals surface area contributed by atoms with Crippen LogP contribution in [-0.4, -0.2) is 12.6 Å². The molecule has 1 aromatic carbocycles. The lowest BCUT2D eigenvalue weighted by molar-refractivity contribution is 0.509. The van der Waals surface area contributed by atoms with Crippen molar-refractivity contribution in [3.05, 3.63) is 35.4 Å². The average molecular weight is 201 g/mol. The Morgan fingerprint density at radius 1 is 1.07 bits per heavy atom. The van der Waals surface area contributed by atoms with Crippen molar-refractivity contribution in [2.24, 2.45) is 5.92 Å². The van der Waals surface area contributed by atoms with E-state index in [1.165, 1.54) is 38.6 Å². The van der Waals surface area contributed by atoms with Crippen LogP contribution in [0.4, 0.5) is 0 Å². The van der Waals surface area contributed by atoms with Gasteiger partial charge in [0, 0.05) is 6.04 Å². The third-order valence-corrected chi connectivity index (χ3v) is 3.73. The van der Waals surface area contributed by atoms with Crippen molar-refractivity contribution in [3.63, 3.8) is 0 Å². The van der Waals surface area contributed by atoms with Crippen molar-refractivity contribution in [1.82, 2.24) is 5.32 Å². The van der Waals surface area contributed by atoms with Crippen LogP contribution in [0, 0.1) is 5.92 Å². The Balaban J connectivity index is 1.50. The molecule has 0 spiro atoms. The quantitative estimate of drug-likeness (QED) is 0.789. The SMILES string of the molecule is c1ccc2c(c1)CC(NCCC1CC1)C2. The number of hydrogen-bond acceptors (Lipinski definition) is 1. The second-order valence-electron chi connectivity index (χ2n) is 5.06. The molecule has 2 aliphatic carbocycles. The van der Waals surface area contributed by atoms with Crippen molar-refractivity contribution in [3.8, 4) is 0 Å². The molecular formula is C14H19N. The smallest absolute Gasteiger partial charge is 0.0148 e. The van der Waals surface area contributed by atoms with Crippen molar-refractivity contribution in [2.45, 2.75) is 38.1 Å². The zero-order valence-corrected chi connectivity index (χ0v) is 9.21. The highest BCUT2D eigenvalue weighted by Crippen LogP contribution is 2.32. The summed E-state index contributed by atoms with van der Waals surface area (Å²) in [6.45, 7) is 1.23. The number of rotatable bonds is 4. The van der Waals surface area contributed by atoms with E-state index in [1.54, 1.807) is 11.1 Å². The molecule has 0 heterocycles. The van der Waals surface area contributed by atoms with Gasteiger partial charge < -0.3 is 5.32 Å². The van der Waals surface area contributed by atoms with E-state index < -0.39 is 0 Å². The first-order valence-corrected chi connectivity index (χ1v) is 6.22. The normalized spacial score (nSPS) is 20.5. The van der Waals surface area contributed by atoms with Crippen LogP contribution in [0.3, 0.4) is 0 Å². The third kappa shape index (κ3) is 2.23. The van der Waals surface area contributed by atoms with Gasteiger partial charge in [0.1, 0.15) is 0 Å². The Bertz CT molecular complexity index is 316. The summed E-state index contributed by atoms with van der Waals surface area (Å²) in [6, 6.07) is 9.58. The van der Waals surface area contributed by atoms with Crippen LogP contribution in [-0.2, 0) is 12.8 Å². The van der Waals surface area contributed by atoms with Gasteiger partial charge >= 0.3 is 0 Å². The van der Waals surface area contributed by atoms with Gasteiger partial charge in [0.05, 0.1) is 0 Å². The molecule has 0 saturated heterocycles. The Kier molecular flexibility index (Phi) is 2.49. The minimum absolute atomic E-state index is 0.709. The molecule has 1 aromatic rings. The van der Waals surface area contributed by atoms with Gasteiger partial charge in [0.15, 0.2) is 0 Å². The van der Waals surface area contributed by atoms with Crippen molar-refractivity contribution >= 4 is 0 Å². The van der Waals surface area contributed by atoms with E-state index in [0.29, 0.717) is 6.04 Å². The Morgan fingerprint density at radius 3 is 2.33 bits per heavy atom. The van der Waals surface area contributed by atoms with Gasteiger partial charge in [-0.2, -0.15) is 0 Å². The second kappa shape index (κ2) is 3.97. The summed E-state index contributed by atoms with van der Waals surface area (Å²) >= 11 is 0. The molecule has 0 unspecified atom stereocenters. The first kappa shape index (κ1) is 9.41. The fourth-order valence-corrected chi connectivity index (χ4v) is 2.60. The maximum Gasteiger partial charge on any atom is 0.0148 e. The fourth-order valence-electron chi connectivity index (χ4n) is 2.60. The first-order chi connectivity index (χ1) is 7.42. The summed E-state index contributed by atoms with van der Waals surface area (Å²) in [5, 5.41) is 3.70. The highest BCUT2D eigenvalue weighted by Gasteiger charge is 2.23. The van der Waals surface area contributed by atoms with Crippen molar-refractivity contribution in [1.29, 1.82) is 0 Å². The van der Waals surface area contributed by atoms with Gasteiger partial charge in [0.25, 0.3) is 0 Å². The maximum absolute atomic E-state index is 3.70. The molecule has 1 saturated carbocycles. The highest BCUT2D eigenvalue weighted by atomic mass is 14.9. The summed E-state index contributed by atoms with van der Waals surface area (Å²) in [7, 11) is 0. The van der Waals surface area contributed by atoms with Crippen LogP contribution in [0.25, 0.3) is 0 Å². The van der Waals surface area contributed by atoms with E-state index in [1.807, 2.05) is 0 Å². The predicted octanol–water partition coefficient (Wildman–Crippen LogP) is 2.54. The molecule has 1 fully saturated rings. The summed E-state index contributed by atoms with van der Waals surface area (Å²) in [6.07, 6.45) is 6.83. The Hall–Kier alpha value is -0.820. The third-order valence-electron chi connectivity index (χ3n) is 3.73. The molecule has 0 aromatic heterocycles. The van der Waals surface area contributed by atoms with E-state index >= 15 is 0 Å². The molecule has 2 aliphatic rings. The summed E-state index contributed by atoms with van der Waals surface area (Å²) in [5.74, 6) is 1.06. The Labute approximate surface area is 91.9 Å². The van der Waals surface area contributed by atoms with E-state index in [0.717, 1.165) is 5.92 Å². The molecule has 1 nitrogen and oxygen atoms in total. The van der Waals surface area contributed by atoms with E-state index in [4.69, 9.17) is 0 Å². The van der Waals surface area contributed by atoms with E-state index in [9.17, 15) is 0 Å². The Morgan fingerprint density at radius 2 is 1.73 bits per heavy atom. The molecule has 80 valence electrons. The molecule has 3 rings (SSSR count). The number of nitrogens with one attached hydrogen (secondary N) is 1. The van der Waals surface area contributed by atoms with E-state index in [2.05, 4.69) is 29.6 Å². The van der Waals surface area contributed by atoms with Gasteiger partial charge in [-0.25, -0.2) is 0 Å². The van der Waals surface area contributed by atoms with Crippen molar-refractivity contribution in [2.75, 3.05) is 6.54 Å². The van der Waals surface area contributed by atoms with Crippen LogP contribution in [0.2, 0.25) is 0 Å². The molecule has 0 bridgehead atoms.